The molecule has 0 radical (unpaired) electrons. The van der Waals surface area contributed by atoms with Gasteiger partial charge < -0.3 is 0 Å². The SMILES string of the molecule is CC1CCC(C(=O)c2sccc2F)CC1. The van der Waals surface area contributed by atoms with Gasteiger partial charge in [0, 0.05) is 5.92 Å². The number of hydrogen-bond donors (Lipinski definition) is 0. The van der Waals surface area contributed by atoms with Crippen LogP contribution in [0.5, 0.6) is 0 Å². The lowest BCUT2D eigenvalue weighted by molar-refractivity contribution is 0.0876. The van der Waals surface area contributed by atoms with E-state index in [2.05, 4.69) is 6.92 Å². The fourth-order valence-corrected chi connectivity index (χ4v) is 2.96. The molecular weight excluding hydrogens is 211 g/mol. The molecule has 0 unspecified atom stereocenters. The molecule has 15 heavy (non-hydrogen) atoms. The first-order chi connectivity index (χ1) is 7.18. The molecule has 0 spiro atoms. The summed E-state index contributed by atoms with van der Waals surface area (Å²) < 4.78 is 13.2. The molecule has 1 fully saturated rings. The Bertz CT molecular complexity index is 350. The highest BCUT2D eigenvalue weighted by Gasteiger charge is 2.27. The van der Waals surface area contributed by atoms with Crippen LogP contribution < -0.4 is 0 Å². The van der Waals surface area contributed by atoms with Crippen molar-refractivity contribution in [1.82, 2.24) is 0 Å². The Kier molecular flexibility index (Phi) is 3.19. The molecule has 1 saturated carbocycles. The summed E-state index contributed by atoms with van der Waals surface area (Å²) in [5.41, 5.74) is 0. The fourth-order valence-electron chi connectivity index (χ4n) is 2.18. The maximum absolute atomic E-state index is 13.2. The Morgan fingerprint density at radius 2 is 2.07 bits per heavy atom. The van der Waals surface area contributed by atoms with Crippen LogP contribution in [0.2, 0.25) is 0 Å². The smallest absolute Gasteiger partial charge is 0.178 e. The first-order valence-corrected chi connectivity index (χ1v) is 6.33. The van der Waals surface area contributed by atoms with Gasteiger partial charge in [0.05, 0.1) is 0 Å². The normalized spacial score (nSPS) is 26.5. The van der Waals surface area contributed by atoms with E-state index in [-0.39, 0.29) is 17.5 Å². The van der Waals surface area contributed by atoms with Crippen LogP contribution in [-0.4, -0.2) is 5.78 Å². The monoisotopic (exact) mass is 226 g/mol. The van der Waals surface area contributed by atoms with E-state index in [1.165, 1.54) is 17.4 Å². The summed E-state index contributed by atoms with van der Waals surface area (Å²) in [4.78, 5) is 12.3. The highest BCUT2D eigenvalue weighted by molar-refractivity contribution is 7.12. The number of carbonyl (C=O) groups excluding carboxylic acids is 1. The molecule has 0 aliphatic heterocycles. The Hall–Kier alpha value is -0.700. The number of carbonyl (C=O) groups is 1. The molecular formula is C12H15FOS. The van der Waals surface area contributed by atoms with E-state index >= 15 is 0 Å². The second-order valence-electron chi connectivity index (χ2n) is 4.42. The number of rotatable bonds is 2. The van der Waals surface area contributed by atoms with Gasteiger partial charge in [-0.2, -0.15) is 0 Å². The average Bonchev–Trinajstić information content (AvgIpc) is 2.65. The minimum Gasteiger partial charge on any atom is -0.293 e. The number of Topliss-reactive ketones (excluding diaryl/α,β-unsaturated/α-hetero) is 1. The minimum absolute atomic E-state index is 0.0226. The van der Waals surface area contributed by atoms with Gasteiger partial charge in [0.1, 0.15) is 10.7 Å². The Morgan fingerprint density at radius 3 is 2.60 bits per heavy atom. The van der Waals surface area contributed by atoms with Crippen molar-refractivity contribution in [2.45, 2.75) is 32.6 Å². The van der Waals surface area contributed by atoms with Crippen molar-refractivity contribution in [2.75, 3.05) is 0 Å². The fraction of sp³-hybridized carbons (Fsp3) is 0.583. The van der Waals surface area contributed by atoms with Gasteiger partial charge in [-0.25, -0.2) is 4.39 Å². The molecule has 1 aromatic heterocycles. The van der Waals surface area contributed by atoms with E-state index in [0.717, 1.165) is 31.6 Å². The van der Waals surface area contributed by atoms with Crippen molar-refractivity contribution in [2.24, 2.45) is 11.8 Å². The maximum Gasteiger partial charge on any atom is 0.178 e. The number of ketones is 1. The van der Waals surface area contributed by atoms with Crippen LogP contribution >= 0.6 is 11.3 Å². The third kappa shape index (κ3) is 2.28. The van der Waals surface area contributed by atoms with Crippen LogP contribution in [0.4, 0.5) is 4.39 Å². The highest BCUT2D eigenvalue weighted by Crippen LogP contribution is 2.32. The quantitative estimate of drug-likeness (QED) is 0.699. The molecule has 1 aliphatic rings. The van der Waals surface area contributed by atoms with Crippen molar-refractivity contribution in [1.29, 1.82) is 0 Å². The van der Waals surface area contributed by atoms with Gasteiger partial charge in [-0.1, -0.05) is 19.8 Å². The zero-order valence-electron chi connectivity index (χ0n) is 8.83. The zero-order chi connectivity index (χ0) is 10.8. The van der Waals surface area contributed by atoms with E-state index in [1.807, 2.05) is 0 Å². The first kappa shape index (κ1) is 10.8. The molecule has 0 N–H and O–H groups in total. The summed E-state index contributed by atoms with van der Waals surface area (Å²) in [5.74, 6) is 0.467. The van der Waals surface area contributed by atoms with Gasteiger partial charge in [0.2, 0.25) is 0 Å². The first-order valence-electron chi connectivity index (χ1n) is 5.45. The predicted molar refractivity (Wildman–Crippen MR) is 59.7 cm³/mol. The van der Waals surface area contributed by atoms with Crippen LogP contribution in [0.3, 0.4) is 0 Å². The molecule has 3 heteroatoms. The minimum atomic E-state index is -0.344. The second-order valence-corrected chi connectivity index (χ2v) is 5.33. The molecule has 0 atom stereocenters. The average molecular weight is 226 g/mol. The Labute approximate surface area is 93.3 Å². The van der Waals surface area contributed by atoms with Crippen molar-refractivity contribution in [3.8, 4) is 0 Å². The summed E-state index contributed by atoms with van der Waals surface area (Å²) in [6.07, 6.45) is 4.06. The largest absolute Gasteiger partial charge is 0.293 e. The van der Waals surface area contributed by atoms with Gasteiger partial charge in [0.15, 0.2) is 5.78 Å². The van der Waals surface area contributed by atoms with Gasteiger partial charge in [-0.3, -0.25) is 4.79 Å². The van der Waals surface area contributed by atoms with Crippen molar-refractivity contribution < 1.29 is 9.18 Å². The molecule has 2 rings (SSSR count). The van der Waals surface area contributed by atoms with Crippen LogP contribution in [-0.2, 0) is 0 Å². The van der Waals surface area contributed by atoms with Crippen LogP contribution in [0.1, 0.15) is 42.3 Å². The molecule has 1 aliphatic carbocycles. The topological polar surface area (TPSA) is 17.1 Å². The molecule has 1 aromatic rings. The Balaban J connectivity index is 2.06. The molecule has 82 valence electrons. The molecule has 1 heterocycles. The van der Waals surface area contributed by atoms with E-state index in [9.17, 15) is 9.18 Å². The van der Waals surface area contributed by atoms with Crippen LogP contribution in [0, 0.1) is 17.7 Å². The van der Waals surface area contributed by atoms with Crippen LogP contribution in [0.15, 0.2) is 11.4 Å². The van der Waals surface area contributed by atoms with E-state index in [4.69, 9.17) is 0 Å². The molecule has 0 bridgehead atoms. The third-order valence-electron chi connectivity index (χ3n) is 3.23. The lowest BCUT2D eigenvalue weighted by atomic mass is 9.80. The van der Waals surface area contributed by atoms with Crippen molar-refractivity contribution >= 4 is 17.1 Å². The number of halogens is 1. The molecule has 0 aromatic carbocycles. The van der Waals surface area contributed by atoms with E-state index < -0.39 is 0 Å². The molecule has 0 saturated heterocycles. The maximum atomic E-state index is 13.2. The molecule has 1 nitrogen and oxygen atoms in total. The Morgan fingerprint density at radius 1 is 1.40 bits per heavy atom. The number of thiophene rings is 1. The summed E-state index contributed by atoms with van der Waals surface area (Å²) in [6, 6.07) is 1.38. The van der Waals surface area contributed by atoms with Crippen molar-refractivity contribution in [3.05, 3.63) is 22.1 Å². The molecule has 0 amide bonds. The van der Waals surface area contributed by atoms with Crippen LogP contribution in [0.25, 0.3) is 0 Å². The van der Waals surface area contributed by atoms with Gasteiger partial charge in [0.25, 0.3) is 0 Å². The summed E-state index contributed by atoms with van der Waals surface area (Å²) in [6.45, 7) is 2.21. The van der Waals surface area contributed by atoms with Crippen molar-refractivity contribution in [3.63, 3.8) is 0 Å². The zero-order valence-corrected chi connectivity index (χ0v) is 9.65. The van der Waals surface area contributed by atoms with Gasteiger partial charge in [-0.15, -0.1) is 11.3 Å². The summed E-state index contributed by atoms with van der Waals surface area (Å²) in [5, 5.41) is 1.65. The highest BCUT2D eigenvalue weighted by atomic mass is 32.1. The predicted octanol–water partition coefficient (Wildman–Crippen LogP) is 3.90. The lowest BCUT2D eigenvalue weighted by Gasteiger charge is -2.24. The van der Waals surface area contributed by atoms with Gasteiger partial charge in [-0.05, 0) is 30.2 Å². The number of hydrogen-bond acceptors (Lipinski definition) is 2. The second kappa shape index (κ2) is 4.44. The van der Waals surface area contributed by atoms with E-state index in [1.54, 1.807) is 5.38 Å². The third-order valence-corrected chi connectivity index (χ3v) is 4.13. The standard InChI is InChI=1S/C12H15FOS/c1-8-2-4-9(5-3-8)11(14)12-10(13)6-7-15-12/h6-9H,2-5H2,1H3. The summed E-state index contributed by atoms with van der Waals surface area (Å²) >= 11 is 1.23. The lowest BCUT2D eigenvalue weighted by Crippen LogP contribution is -2.20. The van der Waals surface area contributed by atoms with Gasteiger partial charge >= 0.3 is 0 Å². The summed E-state index contributed by atoms with van der Waals surface area (Å²) in [7, 11) is 0. The van der Waals surface area contributed by atoms with E-state index in [0.29, 0.717) is 4.88 Å².